The third-order valence-electron chi connectivity index (χ3n) is 4.16. The Kier molecular flexibility index (Phi) is 9.29. The molecule has 17 heteroatoms. The van der Waals surface area contributed by atoms with E-state index in [0.717, 1.165) is 0 Å². The molecule has 2 heterocycles. The van der Waals surface area contributed by atoms with E-state index in [1.807, 2.05) is 0 Å². The van der Waals surface area contributed by atoms with Crippen molar-refractivity contribution in [3.63, 3.8) is 0 Å². The lowest BCUT2D eigenvalue weighted by Crippen LogP contribution is -2.32. The van der Waals surface area contributed by atoms with Gasteiger partial charge in [-0.05, 0) is 41.4 Å². The van der Waals surface area contributed by atoms with E-state index in [-0.39, 0.29) is 51.2 Å². The van der Waals surface area contributed by atoms with Crippen LogP contribution in [0.25, 0.3) is 0 Å². The SMILES string of the molecule is C=CCNc1nc(Cl)nc(NNC(=O)c2ccc(C(=O)NNc3nc(Cl)nc(NCC=C)n3)c(N)c2)n1. The second-order valence-corrected chi connectivity index (χ2v) is 7.48. The number of nitrogens with zero attached hydrogens (tertiary/aromatic N) is 6. The van der Waals surface area contributed by atoms with Crippen molar-refractivity contribution in [1.29, 1.82) is 0 Å². The average molecular weight is 546 g/mol. The van der Waals surface area contributed by atoms with Gasteiger partial charge in [-0.15, -0.1) is 13.2 Å². The number of anilines is 5. The second kappa shape index (κ2) is 12.8. The van der Waals surface area contributed by atoms with Crippen molar-refractivity contribution in [3.05, 3.63) is 65.2 Å². The number of carbonyl (C=O) groups excluding carboxylic acids is 2. The number of nitrogen functional groups attached to an aromatic ring is 1. The maximum Gasteiger partial charge on any atom is 0.271 e. The molecule has 0 atom stereocenters. The van der Waals surface area contributed by atoms with Gasteiger partial charge in [0.25, 0.3) is 11.8 Å². The van der Waals surface area contributed by atoms with Crippen LogP contribution >= 0.6 is 23.2 Å². The number of aromatic nitrogens is 6. The number of hydrazine groups is 2. The monoisotopic (exact) mass is 545 g/mol. The van der Waals surface area contributed by atoms with Gasteiger partial charge in [-0.3, -0.25) is 31.3 Å². The van der Waals surface area contributed by atoms with Crippen LogP contribution in [0.3, 0.4) is 0 Å². The van der Waals surface area contributed by atoms with Crippen LogP contribution in [0.15, 0.2) is 43.5 Å². The summed E-state index contributed by atoms with van der Waals surface area (Å²) < 4.78 is 0. The molecule has 0 bridgehead atoms. The van der Waals surface area contributed by atoms with Crippen LogP contribution in [0.2, 0.25) is 10.6 Å². The van der Waals surface area contributed by atoms with Crippen LogP contribution < -0.4 is 38.1 Å². The fourth-order valence-electron chi connectivity index (χ4n) is 2.57. The Bertz CT molecular complexity index is 1320. The van der Waals surface area contributed by atoms with Gasteiger partial charge >= 0.3 is 0 Å². The topological polar surface area (TPSA) is 210 Å². The molecule has 3 rings (SSSR count). The van der Waals surface area contributed by atoms with Gasteiger partial charge in [0.1, 0.15) is 0 Å². The Labute approximate surface area is 220 Å². The minimum Gasteiger partial charge on any atom is -0.398 e. The Hall–Kier alpha value is -4.76. The zero-order chi connectivity index (χ0) is 26.8. The normalized spacial score (nSPS) is 10.1. The number of rotatable bonds is 12. The Balaban J connectivity index is 1.60. The quantitative estimate of drug-likeness (QED) is 0.0980. The first kappa shape index (κ1) is 26.8. The number of nitrogens with one attached hydrogen (secondary N) is 6. The van der Waals surface area contributed by atoms with Crippen LogP contribution in [0, 0.1) is 0 Å². The van der Waals surface area contributed by atoms with Gasteiger partial charge in [-0.2, -0.15) is 29.9 Å². The van der Waals surface area contributed by atoms with Crippen molar-refractivity contribution in [1.82, 2.24) is 40.8 Å². The number of hydrogen-bond acceptors (Lipinski definition) is 13. The van der Waals surface area contributed by atoms with Crippen molar-refractivity contribution >= 4 is 64.5 Å². The summed E-state index contributed by atoms with van der Waals surface area (Å²) in [4.78, 5) is 48.7. The van der Waals surface area contributed by atoms with E-state index >= 15 is 0 Å². The summed E-state index contributed by atoms with van der Waals surface area (Å²) >= 11 is 11.7. The van der Waals surface area contributed by atoms with Gasteiger partial charge in [-0.1, -0.05) is 12.2 Å². The lowest BCUT2D eigenvalue weighted by Gasteiger charge is -2.12. The Morgan fingerprint density at radius 2 is 1.27 bits per heavy atom. The molecule has 0 spiro atoms. The molecule has 8 N–H and O–H groups in total. The van der Waals surface area contributed by atoms with E-state index < -0.39 is 11.8 Å². The number of nitrogens with two attached hydrogens (primary N) is 1. The van der Waals surface area contributed by atoms with E-state index in [1.54, 1.807) is 12.2 Å². The number of benzene rings is 1. The minimum atomic E-state index is -0.612. The van der Waals surface area contributed by atoms with Crippen LogP contribution in [-0.4, -0.2) is 54.8 Å². The summed E-state index contributed by atoms with van der Waals surface area (Å²) in [5.74, 6) is -0.831. The first-order valence-corrected chi connectivity index (χ1v) is 11.1. The number of halogens is 2. The average Bonchev–Trinajstić information content (AvgIpc) is 2.87. The van der Waals surface area contributed by atoms with Gasteiger partial charge in [0, 0.05) is 24.3 Å². The van der Waals surface area contributed by atoms with E-state index in [0.29, 0.717) is 13.1 Å². The van der Waals surface area contributed by atoms with Gasteiger partial charge in [0.05, 0.1) is 5.56 Å². The summed E-state index contributed by atoms with van der Waals surface area (Å²) in [6.07, 6.45) is 3.22. The number of amides is 2. The van der Waals surface area contributed by atoms with Crippen LogP contribution in [0.5, 0.6) is 0 Å². The molecule has 0 saturated heterocycles. The number of carbonyl (C=O) groups is 2. The predicted molar refractivity (Wildman–Crippen MR) is 140 cm³/mol. The van der Waals surface area contributed by atoms with Crippen molar-refractivity contribution in [3.8, 4) is 0 Å². The minimum absolute atomic E-state index is 0.00348. The Morgan fingerprint density at radius 1 is 0.784 bits per heavy atom. The highest BCUT2D eigenvalue weighted by Crippen LogP contribution is 2.15. The summed E-state index contributed by atoms with van der Waals surface area (Å²) in [5.41, 5.74) is 16.1. The number of hydrogen-bond donors (Lipinski definition) is 7. The lowest BCUT2D eigenvalue weighted by atomic mass is 10.1. The van der Waals surface area contributed by atoms with Gasteiger partial charge in [0.2, 0.25) is 34.4 Å². The van der Waals surface area contributed by atoms with Crippen LogP contribution in [-0.2, 0) is 0 Å². The van der Waals surface area contributed by atoms with E-state index in [1.165, 1.54) is 18.2 Å². The van der Waals surface area contributed by atoms with Crippen molar-refractivity contribution in [2.24, 2.45) is 0 Å². The molecule has 0 fully saturated rings. The molecule has 3 aromatic rings. The molecule has 1 aromatic carbocycles. The zero-order valence-electron chi connectivity index (χ0n) is 19.0. The third kappa shape index (κ3) is 7.87. The first-order chi connectivity index (χ1) is 17.8. The molecule has 2 aromatic heterocycles. The summed E-state index contributed by atoms with van der Waals surface area (Å²) in [6, 6.07) is 4.09. The molecule has 0 unspecified atom stereocenters. The Morgan fingerprint density at radius 3 is 1.76 bits per heavy atom. The fraction of sp³-hybridized carbons (Fsp3) is 0.100. The molecule has 0 radical (unpaired) electrons. The highest BCUT2D eigenvalue weighted by Gasteiger charge is 2.15. The molecule has 2 amide bonds. The molecule has 15 nitrogen and oxygen atoms in total. The lowest BCUT2D eigenvalue weighted by molar-refractivity contribution is 0.0951. The van der Waals surface area contributed by atoms with E-state index in [4.69, 9.17) is 28.9 Å². The molecule has 0 aliphatic carbocycles. The molecule has 192 valence electrons. The first-order valence-electron chi connectivity index (χ1n) is 10.3. The van der Waals surface area contributed by atoms with Crippen molar-refractivity contribution in [2.75, 3.05) is 40.3 Å². The zero-order valence-corrected chi connectivity index (χ0v) is 20.6. The highest BCUT2D eigenvalue weighted by molar-refractivity contribution is 6.28. The predicted octanol–water partition coefficient (Wildman–Crippen LogP) is 1.66. The van der Waals surface area contributed by atoms with Crippen molar-refractivity contribution in [2.45, 2.75) is 0 Å². The smallest absolute Gasteiger partial charge is 0.271 e. The highest BCUT2D eigenvalue weighted by atomic mass is 35.5. The maximum atomic E-state index is 12.6. The van der Waals surface area contributed by atoms with E-state index in [9.17, 15) is 9.59 Å². The molecule has 0 aliphatic heterocycles. The molecular weight excluding hydrogens is 525 g/mol. The van der Waals surface area contributed by atoms with Crippen LogP contribution in [0.1, 0.15) is 20.7 Å². The third-order valence-corrected chi connectivity index (χ3v) is 4.50. The van der Waals surface area contributed by atoms with Gasteiger partial charge < -0.3 is 16.4 Å². The fourth-order valence-corrected chi connectivity index (χ4v) is 2.89. The molecular formula is C20H21Cl2N13O2. The molecule has 0 aliphatic rings. The second-order valence-electron chi connectivity index (χ2n) is 6.80. The summed E-state index contributed by atoms with van der Waals surface area (Å²) in [6.45, 7) is 7.96. The molecule has 37 heavy (non-hydrogen) atoms. The van der Waals surface area contributed by atoms with Crippen molar-refractivity contribution < 1.29 is 9.59 Å². The van der Waals surface area contributed by atoms with E-state index in [2.05, 4.69) is 75.4 Å². The van der Waals surface area contributed by atoms with Gasteiger partial charge in [0.15, 0.2) is 0 Å². The summed E-state index contributed by atoms with van der Waals surface area (Å²) in [7, 11) is 0. The van der Waals surface area contributed by atoms with Crippen LogP contribution in [0.4, 0.5) is 29.5 Å². The standard InChI is InChI=1S/C20H21Cl2N13O2/c1-3-7-24-17-26-15(21)28-19(30-17)34-32-13(36)10-5-6-11(12(23)9-10)14(37)33-35-20-29-16(22)27-18(31-20)25-8-4-2/h3-6,9H,1-2,7-8,23H2,(H,32,36)(H,33,37)(H2,24,26,28,30,34)(H2,25,27,29,31,35). The largest absolute Gasteiger partial charge is 0.398 e. The molecule has 0 saturated carbocycles. The van der Waals surface area contributed by atoms with Gasteiger partial charge in [-0.25, -0.2) is 0 Å². The maximum absolute atomic E-state index is 12.6. The summed E-state index contributed by atoms with van der Waals surface area (Å²) in [5, 5.41) is 5.52.